The number of para-hydroxylation sites is 2. The molecule has 1 aromatic carbocycles. The molecule has 0 radical (unpaired) electrons. The molecule has 0 spiro atoms. The summed E-state index contributed by atoms with van der Waals surface area (Å²) in [6.45, 7) is 3.73. The second kappa shape index (κ2) is 5.08. The summed E-state index contributed by atoms with van der Waals surface area (Å²) in [4.78, 5) is 4.27. The van der Waals surface area contributed by atoms with Crippen LogP contribution in [-0.4, -0.2) is 20.9 Å². The smallest absolute Gasteiger partial charge is 0.316 e. The van der Waals surface area contributed by atoms with Crippen molar-refractivity contribution in [3.8, 4) is 0 Å². The van der Waals surface area contributed by atoms with E-state index in [1.807, 2.05) is 50.2 Å². The second-order valence-electron chi connectivity index (χ2n) is 4.36. The van der Waals surface area contributed by atoms with Gasteiger partial charge >= 0.3 is 6.01 Å². The first-order chi connectivity index (χ1) is 9.72. The van der Waals surface area contributed by atoms with Crippen molar-refractivity contribution in [2.24, 2.45) is 5.10 Å². The predicted octanol–water partition coefficient (Wildman–Crippen LogP) is 2.76. The minimum Gasteiger partial charge on any atom is -0.422 e. The van der Waals surface area contributed by atoms with E-state index < -0.39 is 0 Å². The maximum atomic E-state index is 5.51. The average Bonchev–Trinajstić information content (AvgIpc) is 2.88. The molecule has 100 valence electrons. The fourth-order valence-electron chi connectivity index (χ4n) is 1.70. The van der Waals surface area contributed by atoms with E-state index in [0.29, 0.717) is 17.4 Å². The van der Waals surface area contributed by atoms with Gasteiger partial charge in [0.1, 0.15) is 11.2 Å². The first-order valence-electron chi connectivity index (χ1n) is 6.19. The Hall–Kier alpha value is -2.76. The van der Waals surface area contributed by atoms with Crippen molar-refractivity contribution in [1.82, 2.24) is 15.2 Å². The maximum Gasteiger partial charge on any atom is 0.316 e. The van der Waals surface area contributed by atoms with Crippen LogP contribution < -0.4 is 5.43 Å². The fraction of sp³-hybridized carbons (Fsp3) is 0.143. The summed E-state index contributed by atoms with van der Waals surface area (Å²) in [6, 6.07) is 11.7. The number of oxazole rings is 1. The van der Waals surface area contributed by atoms with Crippen LogP contribution in [0.4, 0.5) is 6.01 Å². The minimum atomic E-state index is 0.352. The molecule has 0 amide bonds. The van der Waals surface area contributed by atoms with Crippen molar-refractivity contribution >= 4 is 22.8 Å². The quantitative estimate of drug-likeness (QED) is 0.583. The highest BCUT2D eigenvalue weighted by Gasteiger charge is 2.04. The number of hydrazone groups is 1. The van der Waals surface area contributed by atoms with Gasteiger partial charge in [0, 0.05) is 0 Å². The molecular weight excluding hydrogens is 254 g/mol. The standard InChI is InChI=1S/C14H13N5O/c1-9-7-8-11(18-16-9)10(2)17-19-14-15-12-5-3-4-6-13(12)20-14/h3-8H,1-2H3,(H,15,19)/b17-10+. The van der Waals surface area contributed by atoms with Crippen LogP contribution in [0.1, 0.15) is 18.3 Å². The van der Waals surface area contributed by atoms with E-state index in [9.17, 15) is 0 Å². The van der Waals surface area contributed by atoms with E-state index in [1.54, 1.807) is 0 Å². The Labute approximate surface area is 115 Å². The summed E-state index contributed by atoms with van der Waals surface area (Å²) < 4.78 is 5.51. The number of rotatable bonds is 3. The molecule has 0 fully saturated rings. The number of hydrogen-bond acceptors (Lipinski definition) is 6. The summed E-state index contributed by atoms with van der Waals surface area (Å²) >= 11 is 0. The van der Waals surface area contributed by atoms with Crippen LogP contribution in [0.3, 0.4) is 0 Å². The van der Waals surface area contributed by atoms with Crippen LogP contribution in [0.25, 0.3) is 11.1 Å². The third-order valence-electron chi connectivity index (χ3n) is 2.78. The number of benzene rings is 1. The lowest BCUT2D eigenvalue weighted by atomic mass is 10.3. The van der Waals surface area contributed by atoms with Gasteiger partial charge < -0.3 is 4.42 Å². The molecule has 1 N–H and O–H groups in total. The van der Waals surface area contributed by atoms with Crippen LogP contribution in [0.2, 0.25) is 0 Å². The van der Waals surface area contributed by atoms with Crippen LogP contribution in [-0.2, 0) is 0 Å². The third kappa shape index (κ3) is 2.49. The van der Waals surface area contributed by atoms with E-state index >= 15 is 0 Å². The predicted molar refractivity (Wildman–Crippen MR) is 76.6 cm³/mol. The van der Waals surface area contributed by atoms with E-state index in [4.69, 9.17) is 4.42 Å². The Morgan fingerprint density at radius 1 is 1.15 bits per heavy atom. The number of fused-ring (bicyclic) bond motifs is 1. The van der Waals surface area contributed by atoms with Gasteiger partial charge in [-0.05, 0) is 38.1 Å². The molecule has 6 heteroatoms. The van der Waals surface area contributed by atoms with E-state index in [1.165, 1.54) is 0 Å². The van der Waals surface area contributed by atoms with E-state index in [2.05, 4.69) is 25.7 Å². The largest absolute Gasteiger partial charge is 0.422 e. The number of aryl methyl sites for hydroxylation is 1. The molecule has 0 bridgehead atoms. The van der Waals surface area contributed by atoms with Crippen molar-refractivity contribution in [3.05, 3.63) is 47.8 Å². The number of nitrogens with one attached hydrogen (secondary N) is 1. The Kier molecular flexibility index (Phi) is 3.12. The second-order valence-corrected chi connectivity index (χ2v) is 4.36. The fourth-order valence-corrected chi connectivity index (χ4v) is 1.70. The van der Waals surface area contributed by atoms with Crippen molar-refractivity contribution in [1.29, 1.82) is 0 Å². The molecule has 0 saturated carbocycles. The monoisotopic (exact) mass is 267 g/mol. The molecule has 20 heavy (non-hydrogen) atoms. The highest BCUT2D eigenvalue weighted by atomic mass is 16.4. The van der Waals surface area contributed by atoms with Crippen LogP contribution in [0.15, 0.2) is 45.9 Å². The van der Waals surface area contributed by atoms with E-state index in [0.717, 1.165) is 16.8 Å². The van der Waals surface area contributed by atoms with Gasteiger partial charge in [-0.2, -0.15) is 15.2 Å². The van der Waals surface area contributed by atoms with Crippen LogP contribution in [0.5, 0.6) is 0 Å². The van der Waals surface area contributed by atoms with Crippen molar-refractivity contribution < 1.29 is 4.42 Å². The molecule has 0 aliphatic carbocycles. The zero-order valence-electron chi connectivity index (χ0n) is 11.2. The molecule has 2 heterocycles. The SMILES string of the molecule is C/C(=N\Nc1nc2ccccc2o1)c1ccc(C)nn1. The molecule has 6 nitrogen and oxygen atoms in total. The van der Waals surface area contributed by atoms with Gasteiger partial charge in [-0.3, -0.25) is 0 Å². The highest BCUT2D eigenvalue weighted by Crippen LogP contribution is 2.17. The number of nitrogens with zero attached hydrogens (tertiary/aromatic N) is 4. The summed E-state index contributed by atoms with van der Waals surface area (Å²) in [5.74, 6) is 0. The number of aromatic nitrogens is 3. The number of hydrogen-bond donors (Lipinski definition) is 1. The third-order valence-corrected chi connectivity index (χ3v) is 2.78. The molecule has 0 unspecified atom stereocenters. The topological polar surface area (TPSA) is 76.2 Å². The van der Waals surface area contributed by atoms with Gasteiger partial charge in [0.25, 0.3) is 0 Å². The lowest BCUT2D eigenvalue weighted by Crippen LogP contribution is -2.04. The van der Waals surface area contributed by atoms with Crippen molar-refractivity contribution in [3.63, 3.8) is 0 Å². The molecule has 0 saturated heterocycles. The minimum absolute atomic E-state index is 0.352. The maximum absolute atomic E-state index is 5.51. The molecule has 3 aromatic rings. The molecule has 0 aliphatic heterocycles. The van der Waals surface area contributed by atoms with Gasteiger partial charge in [0.2, 0.25) is 0 Å². The van der Waals surface area contributed by atoms with Gasteiger partial charge in [-0.15, -0.1) is 5.10 Å². The lowest BCUT2D eigenvalue weighted by molar-refractivity contribution is 0.617. The van der Waals surface area contributed by atoms with Gasteiger partial charge in [0.05, 0.1) is 11.4 Å². The Bertz CT molecular complexity index is 728. The Balaban J connectivity index is 1.80. The van der Waals surface area contributed by atoms with Crippen molar-refractivity contribution in [2.75, 3.05) is 5.43 Å². The Morgan fingerprint density at radius 3 is 2.75 bits per heavy atom. The molecule has 3 rings (SSSR count). The van der Waals surface area contributed by atoms with Gasteiger partial charge in [0.15, 0.2) is 5.58 Å². The highest BCUT2D eigenvalue weighted by molar-refractivity contribution is 5.97. The summed E-state index contributed by atoms with van der Waals surface area (Å²) in [6.07, 6.45) is 0. The molecule has 0 atom stereocenters. The molecular formula is C14H13N5O. The normalized spacial score (nSPS) is 11.8. The molecule has 2 aromatic heterocycles. The summed E-state index contributed by atoms with van der Waals surface area (Å²) in [5, 5.41) is 12.3. The zero-order chi connectivity index (χ0) is 13.9. The summed E-state index contributed by atoms with van der Waals surface area (Å²) in [7, 11) is 0. The molecule has 0 aliphatic rings. The number of anilines is 1. The van der Waals surface area contributed by atoms with E-state index in [-0.39, 0.29) is 0 Å². The van der Waals surface area contributed by atoms with Gasteiger partial charge in [-0.1, -0.05) is 12.1 Å². The van der Waals surface area contributed by atoms with Crippen molar-refractivity contribution in [2.45, 2.75) is 13.8 Å². The van der Waals surface area contributed by atoms with Crippen LogP contribution >= 0.6 is 0 Å². The zero-order valence-corrected chi connectivity index (χ0v) is 11.2. The lowest BCUT2D eigenvalue weighted by Gasteiger charge is -1.99. The Morgan fingerprint density at radius 2 is 2.00 bits per heavy atom. The first-order valence-corrected chi connectivity index (χ1v) is 6.19. The summed E-state index contributed by atoms with van der Waals surface area (Å²) in [5.41, 5.74) is 6.58. The first kappa shape index (κ1) is 12.3. The average molecular weight is 267 g/mol. The van der Waals surface area contributed by atoms with Gasteiger partial charge in [-0.25, -0.2) is 5.43 Å². The van der Waals surface area contributed by atoms with Crippen LogP contribution in [0, 0.1) is 6.92 Å².